The summed E-state index contributed by atoms with van der Waals surface area (Å²) in [6.45, 7) is 0. The van der Waals surface area contributed by atoms with Crippen molar-refractivity contribution in [2.75, 3.05) is 0 Å². The van der Waals surface area contributed by atoms with Crippen molar-refractivity contribution in [2.45, 2.75) is 37.8 Å². The van der Waals surface area contributed by atoms with Crippen LogP contribution in [-0.4, -0.2) is 18.0 Å². The minimum absolute atomic E-state index is 0.00181. The second-order valence-corrected chi connectivity index (χ2v) is 6.60. The van der Waals surface area contributed by atoms with E-state index in [0.29, 0.717) is 0 Å². The highest BCUT2D eigenvalue weighted by Crippen LogP contribution is 2.23. The van der Waals surface area contributed by atoms with Gasteiger partial charge in [0.25, 0.3) is 5.91 Å². The first-order chi connectivity index (χ1) is 7.66. The normalized spacial score (nSPS) is 25.4. The summed E-state index contributed by atoms with van der Waals surface area (Å²) >= 11 is 4.80. The molecule has 1 aromatic heterocycles. The highest BCUT2D eigenvalue weighted by atomic mass is 79.9. The molecule has 1 amide bonds. The van der Waals surface area contributed by atoms with Gasteiger partial charge < -0.3 is 11.1 Å². The first-order valence-electron chi connectivity index (χ1n) is 5.48. The number of nitrogens with one attached hydrogen (secondary N) is 1. The molecule has 5 heteroatoms. The molecule has 1 aliphatic carbocycles. The molecule has 1 heterocycles. The molecule has 3 nitrogen and oxygen atoms in total. The average molecular weight is 303 g/mol. The molecule has 0 radical (unpaired) electrons. The molecule has 0 unspecified atom stereocenters. The fourth-order valence-electron chi connectivity index (χ4n) is 2.01. The van der Waals surface area contributed by atoms with Crippen LogP contribution in [0.25, 0.3) is 0 Å². The van der Waals surface area contributed by atoms with Gasteiger partial charge >= 0.3 is 0 Å². The van der Waals surface area contributed by atoms with Crippen molar-refractivity contribution in [2.24, 2.45) is 5.73 Å². The molecule has 1 fully saturated rings. The number of nitrogens with two attached hydrogens (primary N) is 1. The number of carbonyl (C=O) groups is 1. The van der Waals surface area contributed by atoms with Gasteiger partial charge in [-0.15, -0.1) is 11.3 Å². The summed E-state index contributed by atoms with van der Waals surface area (Å²) in [6.07, 6.45) is 4.35. The van der Waals surface area contributed by atoms with Gasteiger partial charge in [0, 0.05) is 12.1 Å². The van der Waals surface area contributed by atoms with Crippen LogP contribution in [-0.2, 0) is 0 Å². The SMILES string of the molecule is N[C@@H]1CCCC[C@H]1NC(=O)c1ccc(Br)s1. The Morgan fingerprint density at radius 3 is 2.81 bits per heavy atom. The van der Waals surface area contributed by atoms with E-state index in [-0.39, 0.29) is 18.0 Å². The monoisotopic (exact) mass is 302 g/mol. The molecule has 1 aromatic rings. The first-order valence-corrected chi connectivity index (χ1v) is 7.09. The van der Waals surface area contributed by atoms with Crippen molar-refractivity contribution in [3.05, 3.63) is 20.8 Å². The van der Waals surface area contributed by atoms with E-state index in [0.717, 1.165) is 27.9 Å². The molecule has 0 bridgehead atoms. The number of halogens is 1. The standard InChI is InChI=1S/C11H15BrN2OS/c12-10-6-5-9(16-10)11(15)14-8-4-2-1-3-7(8)13/h5-8H,1-4,13H2,(H,14,15)/t7-,8-/m1/s1. The van der Waals surface area contributed by atoms with Crippen LogP contribution in [0.1, 0.15) is 35.4 Å². The lowest BCUT2D eigenvalue weighted by Gasteiger charge is -2.29. The van der Waals surface area contributed by atoms with Gasteiger partial charge in [0.15, 0.2) is 0 Å². The number of hydrogen-bond acceptors (Lipinski definition) is 3. The van der Waals surface area contributed by atoms with Crippen LogP contribution in [0.2, 0.25) is 0 Å². The Bertz CT molecular complexity index is 380. The Hall–Kier alpha value is -0.390. The summed E-state index contributed by atoms with van der Waals surface area (Å²) in [6, 6.07) is 3.97. The van der Waals surface area contributed by atoms with Crippen molar-refractivity contribution < 1.29 is 4.79 Å². The molecule has 2 atom stereocenters. The Kier molecular flexibility index (Phi) is 4.00. The summed E-state index contributed by atoms with van der Waals surface area (Å²) in [5.74, 6) is -0.00181. The van der Waals surface area contributed by atoms with E-state index in [1.165, 1.54) is 17.8 Å². The lowest BCUT2D eigenvalue weighted by Crippen LogP contribution is -2.49. The van der Waals surface area contributed by atoms with Crippen molar-refractivity contribution in [3.63, 3.8) is 0 Å². The quantitative estimate of drug-likeness (QED) is 0.882. The number of hydrogen-bond donors (Lipinski definition) is 2. The maximum absolute atomic E-state index is 11.9. The molecular weight excluding hydrogens is 288 g/mol. The van der Waals surface area contributed by atoms with E-state index >= 15 is 0 Å². The number of rotatable bonds is 2. The summed E-state index contributed by atoms with van der Waals surface area (Å²) in [5, 5.41) is 3.02. The first kappa shape index (κ1) is 12.1. The third-order valence-electron chi connectivity index (χ3n) is 2.93. The zero-order valence-electron chi connectivity index (χ0n) is 8.91. The van der Waals surface area contributed by atoms with E-state index in [1.54, 1.807) is 0 Å². The number of thiophene rings is 1. The molecule has 0 aromatic carbocycles. The van der Waals surface area contributed by atoms with E-state index in [4.69, 9.17) is 5.73 Å². The van der Waals surface area contributed by atoms with Crippen molar-refractivity contribution >= 4 is 33.2 Å². The molecule has 1 saturated carbocycles. The van der Waals surface area contributed by atoms with Gasteiger partial charge in [0.1, 0.15) is 0 Å². The van der Waals surface area contributed by atoms with Gasteiger partial charge in [0.2, 0.25) is 0 Å². The smallest absolute Gasteiger partial charge is 0.261 e. The van der Waals surface area contributed by atoms with Crippen LogP contribution in [0, 0.1) is 0 Å². The van der Waals surface area contributed by atoms with E-state index in [2.05, 4.69) is 21.2 Å². The fourth-order valence-corrected chi connectivity index (χ4v) is 3.30. The van der Waals surface area contributed by atoms with Gasteiger partial charge in [0.05, 0.1) is 8.66 Å². The van der Waals surface area contributed by atoms with Gasteiger partial charge in [-0.3, -0.25) is 4.79 Å². The molecule has 3 N–H and O–H groups in total. The maximum atomic E-state index is 11.9. The molecule has 1 aliphatic rings. The lowest BCUT2D eigenvalue weighted by atomic mass is 9.91. The average Bonchev–Trinajstić information content (AvgIpc) is 2.68. The largest absolute Gasteiger partial charge is 0.347 e. The second-order valence-electron chi connectivity index (χ2n) is 4.13. The van der Waals surface area contributed by atoms with Crippen LogP contribution in [0.15, 0.2) is 15.9 Å². The Labute approximate surface area is 108 Å². The zero-order chi connectivity index (χ0) is 11.5. The van der Waals surface area contributed by atoms with Gasteiger partial charge in [-0.1, -0.05) is 12.8 Å². The predicted octanol–water partition coefficient (Wildman–Crippen LogP) is 2.51. The van der Waals surface area contributed by atoms with Gasteiger partial charge in [-0.2, -0.15) is 0 Å². The maximum Gasteiger partial charge on any atom is 0.261 e. The summed E-state index contributed by atoms with van der Waals surface area (Å²) < 4.78 is 0.977. The molecule has 2 rings (SSSR count). The summed E-state index contributed by atoms with van der Waals surface area (Å²) in [5.41, 5.74) is 5.99. The topological polar surface area (TPSA) is 55.1 Å². The van der Waals surface area contributed by atoms with Crippen molar-refractivity contribution in [1.29, 1.82) is 0 Å². The molecule has 0 spiro atoms. The number of carbonyl (C=O) groups excluding carboxylic acids is 1. The van der Waals surface area contributed by atoms with Gasteiger partial charge in [-0.05, 0) is 40.9 Å². The van der Waals surface area contributed by atoms with Crippen LogP contribution in [0.3, 0.4) is 0 Å². The van der Waals surface area contributed by atoms with Crippen LogP contribution in [0.5, 0.6) is 0 Å². The summed E-state index contributed by atoms with van der Waals surface area (Å²) in [4.78, 5) is 12.6. The predicted molar refractivity (Wildman–Crippen MR) is 69.7 cm³/mol. The van der Waals surface area contributed by atoms with E-state index in [9.17, 15) is 4.79 Å². The highest BCUT2D eigenvalue weighted by molar-refractivity contribution is 9.11. The summed E-state index contributed by atoms with van der Waals surface area (Å²) in [7, 11) is 0. The third kappa shape index (κ3) is 2.84. The van der Waals surface area contributed by atoms with Crippen molar-refractivity contribution in [3.8, 4) is 0 Å². The van der Waals surface area contributed by atoms with E-state index < -0.39 is 0 Å². The second kappa shape index (κ2) is 5.29. The highest BCUT2D eigenvalue weighted by Gasteiger charge is 2.24. The van der Waals surface area contributed by atoms with Crippen LogP contribution < -0.4 is 11.1 Å². The Morgan fingerprint density at radius 1 is 1.44 bits per heavy atom. The third-order valence-corrected chi connectivity index (χ3v) is 4.56. The van der Waals surface area contributed by atoms with Crippen LogP contribution >= 0.6 is 27.3 Å². The molecule has 16 heavy (non-hydrogen) atoms. The molecule has 0 aliphatic heterocycles. The number of amides is 1. The fraction of sp³-hybridized carbons (Fsp3) is 0.545. The lowest BCUT2D eigenvalue weighted by molar-refractivity contribution is 0.0925. The molecular formula is C11H15BrN2OS. The van der Waals surface area contributed by atoms with Crippen LogP contribution in [0.4, 0.5) is 0 Å². The Balaban J connectivity index is 1.96. The molecule has 0 saturated heterocycles. The minimum Gasteiger partial charge on any atom is -0.347 e. The molecule has 88 valence electrons. The Morgan fingerprint density at radius 2 is 2.19 bits per heavy atom. The van der Waals surface area contributed by atoms with Crippen molar-refractivity contribution in [1.82, 2.24) is 5.32 Å². The zero-order valence-corrected chi connectivity index (χ0v) is 11.3. The van der Waals surface area contributed by atoms with E-state index in [1.807, 2.05) is 12.1 Å². The van der Waals surface area contributed by atoms with Gasteiger partial charge in [-0.25, -0.2) is 0 Å². The minimum atomic E-state index is -0.00181.